The van der Waals surface area contributed by atoms with Crippen molar-refractivity contribution < 1.29 is 9.84 Å². The van der Waals surface area contributed by atoms with Crippen molar-refractivity contribution in [3.8, 4) is 0 Å². The zero-order valence-electron chi connectivity index (χ0n) is 8.70. The summed E-state index contributed by atoms with van der Waals surface area (Å²) in [6.45, 7) is 6.59. The molecule has 3 heteroatoms. The van der Waals surface area contributed by atoms with E-state index in [9.17, 15) is 0 Å². The fraction of sp³-hybridized carbons (Fsp3) is 1.00. The van der Waals surface area contributed by atoms with Crippen LogP contribution in [0.15, 0.2) is 0 Å². The van der Waals surface area contributed by atoms with Gasteiger partial charge in [-0.2, -0.15) is 0 Å². The second kappa shape index (κ2) is 5.58. The molecule has 1 fully saturated rings. The Kier molecular flexibility index (Phi) is 4.70. The highest BCUT2D eigenvalue weighted by Gasteiger charge is 2.22. The maximum atomic E-state index is 8.91. The predicted octanol–water partition coefficient (Wildman–Crippen LogP) is 0.583. The number of methoxy groups -OCH3 is 1. The fourth-order valence-electron chi connectivity index (χ4n) is 1.95. The molecule has 0 aliphatic carbocycles. The number of aliphatic hydroxyl groups excluding tert-OH is 1. The Balaban J connectivity index is 2.17. The minimum atomic E-state index is 0.297. The van der Waals surface area contributed by atoms with Gasteiger partial charge in [-0.15, -0.1) is 0 Å². The lowest BCUT2D eigenvalue weighted by atomic mass is 10.1. The number of hydrogen-bond donors (Lipinski definition) is 1. The molecule has 0 aromatic carbocycles. The minimum Gasteiger partial charge on any atom is -0.396 e. The van der Waals surface area contributed by atoms with E-state index in [4.69, 9.17) is 9.84 Å². The van der Waals surface area contributed by atoms with Crippen LogP contribution in [0.2, 0.25) is 0 Å². The molecule has 1 N–H and O–H groups in total. The fourth-order valence-corrected chi connectivity index (χ4v) is 1.95. The van der Waals surface area contributed by atoms with Gasteiger partial charge in [0.15, 0.2) is 0 Å². The Bertz CT molecular complexity index is 141. The SMILES string of the molecule is COCC1CCN(CC(C)CO)C1. The molecule has 0 aromatic heterocycles. The van der Waals surface area contributed by atoms with Crippen LogP contribution in [0.25, 0.3) is 0 Å². The van der Waals surface area contributed by atoms with E-state index in [1.165, 1.54) is 13.0 Å². The van der Waals surface area contributed by atoms with E-state index in [0.717, 1.165) is 19.7 Å². The van der Waals surface area contributed by atoms with E-state index in [1.807, 2.05) is 0 Å². The van der Waals surface area contributed by atoms with Crippen LogP contribution in [0.5, 0.6) is 0 Å². The first-order valence-corrected chi connectivity index (χ1v) is 5.08. The average Bonchev–Trinajstić information content (AvgIpc) is 2.53. The zero-order chi connectivity index (χ0) is 9.68. The Morgan fingerprint density at radius 2 is 2.38 bits per heavy atom. The van der Waals surface area contributed by atoms with Crippen LogP contribution in [0.1, 0.15) is 13.3 Å². The van der Waals surface area contributed by atoms with Crippen LogP contribution in [-0.4, -0.2) is 50.0 Å². The molecular formula is C10H21NO2. The van der Waals surface area contributed by atoms with E-state index in [2.05, 4.69) is 11.8 Å². The van der Waals surface area contributed by atoms with Crippen LogP contribution < -0.4 is 0 Å². The van der Waals surface area contributed by atoms with Crippen LogP contribution in [0.4, 0.5) is 0 Å². The molecule has 1 saturated heterocycles. The van der Waals surface area contributed by atoms with Gasteiger partial charge in [0, 0.05) is 26.8 Å². The minimum absolute atomic E-state index is 0.297. The van der Waals surface area contributed by atoms with Gasteiger partial charge in [-0.3, -0.25) is 0 Å². The second-order valence-corrected chi connectivity index (χ2v) is 4.16. The maximum Gasteiger partial charge on any atom is 0.0503 e. The molecule has 1 heterocycles. The van der Waals surface area contributed by atoms with Gasteiger partial charge in [0.1, 0.15) is 0 Å². The lowest BCUT2D eigenvalue weighted by Gasteiger charge is -2.19. The Labute approximate surface area is 80.7 Å². The molecule has 3 nitrogen and oxygen atoms in total. The van der Waals surface area contributed by atoms with E-state index < -0.39 is 0 Å². The number of ether oxygens (including phenoxy) is 1. The topological polar surface area (TPSA) is 32.7 Å². The normalized spacial score (nSPS) is 26.5. The van der Waals surface area contributed by atoms with Gasteiger partial charge in [-0.25, -0.2) is 0 Å². The van der Waals surface area contributed by atoms with Gasteiger partial charge in [0.05, 0.1) is 6.61 Å². The molecule has 0 amide bonds. The Morgan fingerprint density at radius 1 is 1.62 bits per heavy atom. The van der Waals surface area contributed by atoms with Gasteiger partial charge in [0.25, 0.3) is 0 Å². The predicted molar refractivity (Wildman–Crippen MR) is 52.7 cm³/mol. The van der Waals surface area contributed by atoms with Crippen molar-refractivity contribution in [3.05, 3.63) is 0 Å². The molecular weight excluding hydrogens is 166 g/mol. The van der Waals surface area contributed by atoms with Gasteiger partial charge in [0.2, 0.25) is 0 Å². The highest BCUT2D eigenvalue weighted by atomic mass is 16.5. The molecule has 1 aliphatic rings. The maximum absolute atomic E-state index is 8.91. The quantitative estimate of drug-likeness (QED) is 0.683. The van der Waals surface area contributed by atoms with Crippen LogP contribution in [-0.2, 0) is 4.74 Å². The van der Waals surface area contributed by atoms with Crippen LogP contribution in [0, 0.1) is 11.8 Å². The molecule has 2 atom stereocenters. The molecule has 13 heavy (non-hydrogen) atoms. The third-order valence-electron chi connectivity index (χ3n) is 2.65. The monoisotopic (exact) mass is 187 g/mol. The van der Waals surface area contributed by atoms with Gasteiger partial charge >= 0.3 is 0 Å². The van der Waals surface area contributed by atoms with Crippen molar-refractivity contribution in [2.75, 3.05) is 40.0 Å². The second-order valence-electron chi connectivity index (χ2n) is 4.16. The number of nitrogens with zero attached hydrogens (tertiary/aromatic N) is 1. The lowest BCUT2D eigenvalue weighted by Crippen LogP contribution is -2.28. The lowest BCUT2D eigenvalue weighted by molar-refractivity contribution is 0.146. The smallest absolute Gasteiger partial charge is 0.0503 e. The highest BCUT2D eigenvalue weighted by molar-refractivity contribution is 4.76. The van der Waals surface area contributed by atoms with Crippen molar-refractivity contribution >= 4 is 0 Å². The van der Waals surface area contributed by atoms with E-state index in [-0.39, 0.29) is 0 Å². The van der Waals surface area contributed by atoms with Gasteiger partial charge in [-0.1, -0.05) is 6.92 Å². The van der Waals surface area contributed by atoms with Crippen molar-refractivity contribution in [1.29, 1.82) is 0 Å². The largest absolute Gasteiger partial charge is 0.396 e. The summed E-state index contributed by atoms with van der Waals surface area (Å²) in [6.07, 6.45) is 1.24. The summed E-state index contributed by atoms with van der Waals surface area (Å²) in [6, 6.07) is 0. The first-order valence-electron chi connectivity index (χ1n) is 5.08. The third-order valence-corrected chi connectivity index (χ3v) is 2.65. The molecule has 1 rings (SSSR count). The summed E-state index contributed by atoms with van der Waals surface area (Å²) in [4.78, 5) is 2.42. The molecule has 0 aromatic rings. The number of likely N-dealkylation sites (tertiary alicyclic amines) is 1. The van der Waals surface area contributed by atoms with Crippen molar-refractivity contribution in [1.82, 2.24) is 4.90 Å². The Hall–Kier alpha value is -0.120. The molecule has 1 aliphatic heterocycles. The van der Waals surface area contributed by atoms with Crippen molar-refractivity contribution in [3.63, 3.8) is 0 Å². The summed E-state index contributed by atoms with van der Waals surface area (Å²) in [5, 5.41) is 8.91. The van der Waals surface area contributed by atoms with Gasteiger partial charge in [-0.05, 0) is 24.8 Å². The molecule has 0 bridgehead atoms. The first kappa shape index (κ1) is 11.0. The van der Waals surface area contributed by atoms with E-state index in [0.29, 0.717) is 18.4 Å². The molecule has 2 unspecified atom stereocenters. The average molecular weight is 187 g/mol. The van der Waals surface area contributed by atoms with Crippen LogP contribution >= 0.6 is 0 Å². The summed E-state index contributed by atoms with van der Waals surface area (Å²) < 4.78 is 5.13. The number of hydrogen-bond acceptors (Lipinski definition) is 3. The molecule has 78 valence electrons. The summed E-state index contributed by atoms with van der Waals surface area (Å²) >= 11 is 0. The number of aliphatic hydroxyl groups is 1. The van der Waals surface area contributed by atoms with Crippen molar-refractivity contribution in [2.24, 2.45) is 11.8 Å². The number of rotatable bonds is 5. The molecule has 0 spiro atoms. The highest BCUT2D eigenvalue weighted by Crippen LogP contribution is 2.17. The summed E-state index contributed by atoms with van der Waals surface area (Å²) in [7, 11) is 1.76. The summed E-state index contributed by atoms with van der Waals surface area (Å²) in [5.74, 6) is 1.11. The van der Waals surface area contributed by atoms with Gasteiger partial charge < -0.3 is 14.7 Å². The standard InChI is InChI=1S/C10H21NO2/c1-9(7-12)5-11-4-3-10(6-11)8-13-2/h9-10,12H,3-8H2,1-2H3. The third kappa shape index (κ3) is 3.63. The Morgan fingerprint density at radius 3 is 3.00 bits per heavy atom. The summed E-state index contributed by atoms with van der Waals surface area (Å²) in [5.41, 5.74) is 0. The van der Waals surface area contributed by atoms with E-state index >= 15 is 0 Å². The molecule has 0 radical (unpaired) electrons. The molecule has 0 saturated carbocycles. The van der Waals surface area contributed by atoms with Crippen LogP contribution in [0.3, 0.4) is 0 Å². The zero-order valence-corrected chi connectivity index (χ0v) is 8.70. The van der Waals surface area contributed by atoms with Crippen molar-refractivity contribution in [2.45, 2.75) is 13.3 Å². The van der Waals surface area contributed by atoms with E-state index in [1.54, 1.807) is 7.11 Å². The first-order chi connectivity index (χ1) is 6.26.